The Morgan fingerprint density at radius 1 is 0.195 bits per heavy atom. The van der Waals surface area contributed by atoms with Gasteiger partial charge in [-0.05, 0) is 5.92 Å². The van der Waals surface area contributed by atoms with E-state index in [1.807, 2.05) is 0 Å². The maximum absolute atomic E-state index is 2.32. The number of hydrogen-bond donors (Lipinski definition) is 0. The van der Waals surface area contributed by atoms with Crippen LogP contribution in [0.1, 0.15) is 258 Å². The van der Waals surface area contributed by atoms with Gasteiger partial charge in [0.2, 0.25) is 0 Å². The first-order chi connectivity index (χ1) is 20.3. The number of rotatable bonds is 37. The molecule has 0 heteroatoms. The monoisotopic (exact) mass is 577 g/mol. The van der Waals surface area contributed by atoms with E-state index >= 15 is 0 Å². The molecule has 0 fully saturated rings. The van der Waals surface area contributed by atoms with Gasteiger partial charge >= 0.3 is 0 Å². The lowest BCUT2D eigenvalue weighted by molar-refractivity contribution is 0.365. The van der Waals surface area contributed by atoms with E-state index in [1.165, 1.54) is 238 Å². The summed E-state index contributed by atoms with van der Waals surface area (Å²) in [7, 11) is 0. The van der Waals surface area contributed by atoms with Crippen molar-refractivity contribution in [2.45, 2.75) is 258 Å². The van der Waals surface area contributed by atoms with Gasteiger partial charge in [0.25, 0.3) is 0 Å². The van der Waals surface area contributed by atoms with Crippen LogP contribution in [-0.4, -0.2) is 0 Å². The third-order valence-electron chi connectivity index (χ3n) is 9.90. The summed E-state index contributed by atoms with van der Waals surface area (Å²) in [6, 6.07) is 0. The molecule has 248 valence electrons. The van der Waals surface area contributed by atoms with Gasteiger partial charge in [0, 0.05) is 0 Å². The Morgan fingerprint density at radius 3 is 0.512 bits per heavy atom. The van der Waals surface area contributed by atoms with E-state index in [4.69, 9.17) is 0 Å². The molecule has 0 aliphatic rings. The molecule has 0 bridgehead atoms. The van der Waals surface area contributed by atoms with E-state index in [1.54, 1.807) is 0 Å². The zero-order chi connectivity index (χ0) is 29.7. The standard InChI is InChI=1S/C41H84/c1-4-7-10-13-16-19-22-25-28-31-34-37-40-41(38-35-32-29-26-23-20-17-14-11-8-5-2)39-36-33-30-27-24-21-18-15-12-9-6-3/h41H,4-40H2,1-3H3. The zero-order valence-corrected chi connectivity index (χ0v) is 29.7. The van der Waals surface area contributed by atoms with Crippen LogP contribution in [0.3, 0.4) is 0 Å². The first-order valence-corrected chi connectivity index (χ1v) is 20.3. The lowest BCUT2D eigenvalue weighted by atomic mass is 9.89. The van der Waals surface area contributed by atoms with Gasteiger partial charge in [0.05, 0.1) is 0 Å². The van der Waals surface area contributed by atoms with E-state index in [-0.39, 0.29) is 0 Å². The van der Waals surface area contributed by atoms with Gasteiger partial charge in [-0.15, -0.1) is 0 Å². The van der Waals surface area contributed by atoms with E-state index in [0.29, 0.717) is 0 Å². The van der Waals surface area contributed by atoms with Crippen LogP contribution in [0.4, 0.5) is 0 Å². The third kappa shape index (κ3) is 36.1. The highest BCUT2D eigenvalue weighted by molar-refractivity contribution is 4.62. The van der Waals surface area contributed by atoms with Crippen molar-refractivity contribution in [2.24, 2.45) is 5.92 Å². The lowest BCUT2D eigenvalue weighted by Gasteiger charge is -2.17. The second-order valence-corrected chi connectivity index (χ2v) is 14.2. The lowest BCUT2D eigenvalue weighted by Crippen LogP contribution is -2.01. The maximum Gasteiger partial charge on any atom is -0.0414 e. The van der Waals surface area contributed by atoms with Crippen molar-refractivity contribution in [3.05, 3.63) is 0 Å². The molecule has 0 heterocycles. The largest absolute Gasteiger partial charge is 0.0654 e. The molecule has 0 aliphatic heterocycles. The Morgan fingerprint density at radius 2 is 0.341 bits per heavy atom. The summed E-state index contributed by atoms with van der Waals surface area (Å²) in [6.45, 7) is 6.96. The van der Waals surface area contributed by atoms with Crippen LogP contribution in [0, 0.1) is 5.92 Å². The van der Waals surface area contributed by atoms with Crippen LogP contribution in [-0.2, 0) is 0 Å². The number of unbranched alkanes of at least 4 members (excludes halogenated alkanes) is 31. The van der Waals surface area contributed by atoms with Crippen LogP contribution in [0.2, 0.25) is 0 Å². The minimum absolute atomic E-state index is 1.04. The Labute approximate surface area is 263 Å². The Balaban J connectivity index is 3.89. The maximum atomic E-state index is 2.32. The first kappa shape index (κ1) is 41.0. The molecule has 0 atom stereocenters. The molecule has 0 saturated heterocycles. The zero-order valence-electron chi connectivity index (χ0n) is 29.7. The molecule has 0 aromatic carbocycles. The Hall–Kier alpha value is 0. The molecule has 0 unspecified atom stereocenters. The summed E-state index contributed by atoms with van der Waals surface area (Å²) >= 11 is 0. The molecule has 41 heavy (non-hydrogen) atoms. The molecule has 0 nitrogen and oxygen atoms in total. The van der Waals surface area contributed by atoms with Gasteiger partial charge in [0.15, 0.2) is 0 Å². The predicted octanol–water partition coefficient (Wildman–Crippen LogP) is 16.1. The summed E-state index contributed by atoms with van der Waals surface area (Å²) in [5, 5.41) is 0. The predicted molar refractivity (Wildman–Crippen MR) is 191 cm³/mol. The van der Waals surface area contributed by atoms with Crippen molar-refractivity contribution in [3.63, 3.8) is 0 Å². The fourth-order valence-electron chi connectivity index (χ4n) is 6.90. The van der Waals surface area contributed by atoms with Gasteiger partial charge in [-0.2, -0.15) is 0 Å². The summed E-state index contributed by atoms with van der Waals surface area (Å²) in [4.78, 5) is 0. The van der Waals surface area contributed by atoms with E-state index in [0.717, 1.165) is 5.92 Å². The molecule has 0 amide bonds. The molecule has 0 radical (unpaired) electrons. The quantitative estimate of drug-likeness (QED) is 0.0645. The average Bonchev–Trinajstić information content (AvgIpc) is 2.98. The molecule has 0 aliphatic carbocycles. The van der Waals surface area contributed by atoms with Crippen LogP contribution in [0.5, 0.6) is 0 Å². The van der Waals surface area contributed by atoms with Gasteiger partial charge in [0.1, 0.15) is 0 Å². The van der Waals surface area contributed by atoms with Crippen molar-refractivity contribution in [3.8, 4) is 0 Å². The summed E-state index contributed by atoms with van der Waals surface area (Å²) in [5.41, 5.74) is 0. The molecular weight excluding hydrogens is 492 g/mol. The van der Waals surface area contributed by atoms with Crippen LogP contribution in [0.15, 0.2) is 0 Å². The molecule has 0 aromatic heterocycles. The Kier molecular flexibility index (Phi) is 38.0. The molecule has 0 saturated carbocycles. The summed E-state index contributed by atoms with van der Waals surface area (Å²) in [6.07, 6.45) is 54.8. The molecular formula is C41H84. The molecule has 0 N–H and O–H groups in total. The van der Waals surface area contributed by atoms with E-state index in [2.05, 4.69) is 20.8 Å². The smallest absolute Gasteiger partial charge is 0.0414 e. The first-order valence-electron chi connectivity index (χ1n) is 20.3. The molecule has 0 spiro atoms. The van der Waals surface area contributed by atoms with Crippen LogP contribution >= 0.6 is 0 Å². The van der Waals surface area contributed by atoms with Crippen LogP contribution in [0.25, 0.3) is 0 Å². The summed E-state index contributed by atoms with van der Waals surface area (Å²) in [5.74, 6) is 1.04. The van der Waals surface area contributed by atoms with Gasteiger partial charge in [-0.1, -0.05) is 258 Å². The second kappa shape index (κ2) is 38.0. The highest BCUT2D eigenvalue weighted by Crippen LogP contribution is 2.25. The van der Waals surface area contributed by atoms with Crippen molar-refractivity contribution >= 4 is 0 Å². The van der Waals surface area contributed by atoms with Crippen molar-refractivity contribution < 1.29 is 0 Å². The van der Waals surface area contributed by atoms with Crippen molar-refractivity contribution in [1.82, 2.24) is 0 Å². The minimum Gasteiger partial charge on any atom is -0.0654 e. The highest BCUT2D eigenvalue weighted by atomic mass is 14.1. The van der Waals surface area contributed by atoms with E-state index < -0.39 is 0 Å². The molecule has 0 rings (SSSR count). The SMILES string of the molecule is CCCCCCCCCCCCCCC(CCCCCCCCCCCCC)CCCCCCCCCCCCC. The molecule has 0 aromatic rings. The van der Waals surface area contributed by atoms with Crippen LogP contribution < -0.4 is 0 Å². The highest BCUT2D eigenvalue weighted by Gasteiger charge is 2.09. The normalized spacial score (nSPS) is 11.7. The number of hydrogen-bond acceptors (Lipinski definition) is 0. The fraction of sp³-hybridized carbons (Fsp3) is 1.00. The van der Waals surface area contributed by atoms with Crippen molar-refractivity contribution in [1.29, 1.82) is 0 Å². The van der Waals surface area contributed by atoms with E-state index in [9.17, 15) is 0 Å². The van der Waals surface area contributed by atoms with Gasteiger partial charge in [-0.3, -0.25) is 0 Å². The Bertz CT molecular complexity index is 400. The average molecular weight is 577 g/mol. The topological polar surface area (TPSA) is 0 Å². The van der Waals surface area contributed by atoms with Crippen molar-refractivity contribution in [2.75, 3.05) is 0 Å². The van der Waals surface area contributed by atoms with Gasteiger partial charge in [-0.25, -0.2) is 0 Å². The minimum atomic E-state index is 1.04. The van der Waals surface area contributed by atoms with Gasteiger partial charge < -0.3 is 0 Å². The second-order valence-electron chi connectivity index (χ2n) is 14.2. The third-order valence-corrected chi connectivity index (χ3v) is 9.90. The fourth-order valence-corrected chi connectivity index (χ4v) is 6.90. The summed E-state index contributed by atoms with van der Waals surface area (Å²) < 4.78 is 0.